The maximum Gasteiger partial charge on any atom is 0.138 e. The van der Waals surface area contributed by atoms with E-state index >= 15 is 0 Å². The van der Waals surface area contributed by atoms with Crippen LogP contribution in [-0.2, 0) is 0 Å². The lowest BCUT2D eigenvalue weighted by Gasteiger charge is -1.96. The minimum Gasteiger partial charge on any atom is -0.185 e. The molecule has 0 aliphatic rings. The van der Waals surface area contributed by atoms with Crippen molar-refractivity contribution in [3.05, 3.63) is 28.2 Å². The van der Waals surface area contributed by atoms with Crippen molar-refractivity contribution in [3.63, 3.8) is 0 Å². The van der Waals surface area contributed by atoms with Gasteiger partial charge in [-0.25, -0.2) is 0 Å². The molecule has 11 heavy (non-hydrogen) atoms. The van der Waals surface area contributed by atoms with Gasteiger partial charge in [0.05, 0.1) is 5.02 Å². The molecule has 0 N–H and O–H groups in total. The zero-order chi connectivity index (χ0) is 8.27. The second kappa shape index (κ2) is 3.87. The number of hydrogen-bond donors (Lipinski definition) is 0. The molecule has 0 aliphatic heterocycles. The number of thioether (sulfide) groups is 1. The van der Waals surface area contributed by atoms with Gasteiger partial charge in [0.2, 0.25) is 0 Å². The standard InChI is InChI=1S/C7H3Cl2NS/c8-5-1-2-6(9)7(3-5)11-4-10/h1-3H. The van der Waals surface area contributed by atoms with E-state index in [0.29, 0.717) is 14.9 Å². The maximum atomic E-state index is 8.35. The highest BCUT2D eigenvalue weighted by molar-refractivity contribution is 8.03. The lowest BCUT2D eigenvalue weighted by Crippen LogP contribution is -1.71. The molecule has 0 unspecified atom stereocenters. The Hall–Kier alpha value is -0.360. The monoisotopic (exact) mass is 203 g/mol. The number of nitrogens with zero attached hydrogens (tertiary/aromatic N) is 1. The average molecular weight is 204 g/mol. The zero-order valence-corrected chi connectivity index (χ0v) is 7.67. The van der Waals surface area contributed by atoms with Crippen molar-refractivity contribution < 1.29 is 0 Å². The molecule has 0 spiro atoms. The highest BCUT2D eigenvalue weighted by Gasteiger charge is 2.00. The molecule has 1 nitrogen and oxygen atoms in total. The first-order valence-electron chi connectivity index (χ1n) is 2.75. The minimum atomic E-state index is 0.556. The molecule has 56 valence electrons. The van der Waals surface area contributed by atoms with Crippen LogP contribution in [-0.4, -0.2) is 0 Å². The third-order valence-electron chi connectivity index (χ3n) is 1.05. The van der Waals surface area contributed by atoms with Crippen LogP contribution in [0.25, 0.3) is 0 Å². The summed E-state index contributed by atoms with van der Waals surface area (Å²) in [4.78, 5) is 0.696. The Labute approximate surface area is 78.9 Å². The molecule has 0 bridgehead atoms. The van der Waals surface area contributed by atoms with Crippen molar-refractivity contribution in [2.45, 2.75) is 4.90 Å². The van der Waals surface area contributed by atoms with Crippen molar-refractivity contribution in [1.82, 2.24) is 0 Å². The van der Waals surface area contributed by atoms with Crippen LogP contribution in [0.2, 0.25) is 10.0 Å². The summed E-state index contributed by atoms with van der Waals surface area (Å²) in [5.41, 5.74) is 0. The third kappa shape index (κ3) is 2.30. The van der Waals surface area contributed by atoms with Gasteiger partial charge in [-0.05, 0) is 30.0 Å². The van der Waals surface area contributed by atoms with Crippen LogP contribution >= 0.6 is 35.0 Å². The SMILES string of the molecule is N#CSc1cc(Cl)ccc1Cl. The van der Waals surface area contributed by atoms with Gasteiger partial charge < -0.3 is 0 Å². The third-order valence-corrected chi connectivity index (χ3v) is 2.37. The van der Waals surface area contributed by atoms with Crippen LogP contribution in [0.4, 0.5) is 0 Å². The van der Waals surface area contributed by atoms with Crippen molar-refractivity contribution in [1.29, 1.82) is 5.26 Å². The smallest absolute Gasteiger partial charge is 0.138 e. The number of nitriles is 1. The largest absolute Gasteiger partial charge is 0.185 e. The molecule has 0 aliphatic carbocycles. The lowest BCUT2D eigenvalue weighted by atomic mass is 10.4. The molecule has 0 radical (unpaired) electrons. The fourth-order valence-electron chi connectivity index (χ4n) is 0.605. The van der Waals surface area contributed by atoms with E-state index in [4.69, 9.17) is 28.5 Å². The molecule has 1 rings (SSSR count). The van der Waals surface area contributed by atoms with Gasteiger partial charge in [0.1, 0.15) is 5.40 Å². The number of thiocyanates is 1. The van der Waals surface area contributed by atoms with Gasteiger partial charge in [0, 0.05) is 9.92 Å². The summed E-state index contributed by atoms with van der Waals surface area (Å²) in [6.45, 7) is 0. The van der Waals surface area contributed by atoms with Crippen LogP contribution in [0, 0.1) is 10.7 Å². The molecular formula is C7H3Cl2NS. The van der Waals surface area contributed by atoms with Crippen LogP contribution < -0.4 is 0 Å². The van der Waals surface area contributed by atoms with Gasteiger partial charge in [0.25, 0.3) is 0 Å². The van der Waals surface area contributed by atoms with Crippen LogP contribution in [0.1, 0.15) is 0 Å². The predicted octanol–water partition coefficient (Wildman–Crippen LogP) is 3.57. The van der Waals surface area contributed by atoms with Crippen LogP contribution in [0.3, 0.4) is 0 Å². The molecule has 0 saturated carbocycles. The van der Waals surface area contributed by atoms with E-state index in [1.165, 1.54) is 0 Å². The summed E-state index contributed by atoms with van der Waals surface area (Å²) < 4.78 is 0. The molecule has 0 amide bonds. The van der Waals surface area contributed by atoms with E-state index in [0.717, 1.165) is 11.8 Å². The Kier molecular flexibility index (Phi) is 3.07. The number of halogens is 2. The minimum absolute atomic E-state index is 0.556. The molecule has 1 aromatic rings. The molecular weight excluding hydrogens is 201 g/mol. The number of hydrogen-bond acceptors (Lipinski definition) is 2. The van der Waals surface area contributed by atoms with Crippen molar-refractivity contribution in [3.8, 4) is 5.40 Å². The first-order valence-corrected chi connectivity index (χ1v) is 4.32. The fourth-order valence-corrected chi connectivity index (χ4v) is 1.52. The highest BCUT2D eigenvalue weighted by Crippen LogP contribution is 2.28. The van der Waals surface area contributed by atoms with Gasteiger partial charge in [-0.2, -0.15) is 5.26 Å². The van der Waals surface area contributed by atoms with E-state index < -0.39 is 0 Å². The topological polar surface area (TPSA) is 23.8 Å². The Bertz CT molecular complexity index is 306. The van der Waals surface area contributed by atoms with Gasteiger partial charge in [-0.3, -0.25) is 0 Å². The van der Waals surface area contributed by atoms with E-state index in [1.807, 2.05) is 5.40 Å². The zero-order valence-electron chi connectivity index (χ0n) is 5.34. The molecule has 0 fully saturated rings. The quantitative estimate of drug-likeness (QED) is 0.515. The van der Waals surface area contributed by atoms with E-state index in [-0.39, 0.29) is 0 Å². The molecule has 0 heterocycles. The van der Waals surface area contributed by atoms with Crippen LogP contribution in [0.15, 0.2) is 23.1 Å². The summed E-state index contributed by atoms with van der Waals surface area (Å²) in [7, 11) is 0. The molecule has 0 atom stereocenters. The van der Waals surface area contributed by atoms with Gasteiger partial charge in [-0.15, -0.1) is 0 Å². The first kappa shape index (κ1) is 8.73. The van der Waals surface area contributed by atoms with Crippen molar-refractivity contribution in [2.24, 2.45) is 0 Å². The Morgan fingerprint density at radius 1 is 1.36 bits per heavy atom. The maximum absolute atomic E-state index is 8.35. The summed E-state index contributed by atoms with van der Waals surface area (Å²) in [6.07, 6.45) is 0. The van der Waals surface area contributed by atoms with E-state index in [1.54, 1.807) is 18.2 Å². The highest BCUT2D eigenvalue weighted by atomic mass is 35.5. The van der Waals surface area contributed by atoms with Crippen LogP contribution in [0.5, 0.6) is 0 Å². The van der Waals surface area contributed by atoms with Gasteiger partial charge in [-0.1, -0.05) is 23.2 Å². The number of benzene rings is 1. The van der Waals surface area contributed by atoms with E-state index in [2.05, 4.69) is 0 Å². The van der Waals surface area contributed by atoms with E-state index in [9.17, 15) is 0 Å². The lowest BCUT2D eigenvalue weighted by molar-refractivity contribution is 1.47. The molecule has 0 aromatic heterocycles. The summed E-state index contributed by atoms with van der Waals surface area (Å²) in [5.74, 6) is 0. The normalized spacial score (nSPS) is 9.18. The Morgan fingerprint density at radius 3 is 2.73 bits per heavy atom. The number of rotatable bonds is 1. The predicted molar refractivity (Wildman–Crippen MR) is 47.9 cm³/mol. The van der Waals surface area contributed by atoms with Gasteiger partial charge in [0.15, 0.2) is 0 Å². The second-order valence-corrected chi connectivity index (χ2v) is 3.44. The van der Waals surface area contributed by atoms with Crippen molar-refractivity contribution in [2.75, 3.05) is 0 Å². The summed E-state index contributed by atoms with van der Waals surface area (Å²) in [6, 6.07) is 5.02. The fraction of sp³-hybridized carbons (Fsp3) is 0. The van der Waals surface area contributed by atoms with Gasteiger partial charge >= 0.3 is 0 Å². The Balaban J connectivity index is 3.05. The first-order chi connectivity index (χ1) is 5.24. The summed E-state index contributed by atoms with van der Waals surface area (Å²) >= 11 is 12.4. The second-order valence-electron chi connectivity index (χ2n) is 1.77. The average Bonchev–Trinajstić information content (AvgIpc) is 1.98. The molecule has 1 aromatic carbocycles. The molecule has 0 saturated heterocycles. The summed E-state index contributed by atoms with van der Waals surface area (Å²) in [5, 5.41) is 11.4. The Morgan fingerprint density at radius 2 is 2.09 bits per heavy atom. The molecule has 4 heteroatoms. The van der Waals surface area contributed by atoms with Crippen molar-refractivity contribution >= 4 is 35.0 Å².